The molecule has 0 atom stereocenters. The van der Waals surface area contributed by atoms with Gasteiger partial charge < -0.3 is 9.84 Å². The minimum absolute atomic E-state index is 0.0460. The molecule has 1 aliphatic heterocycles. The first-order valence-corrected chi connectivity index (χ1v) is 11.6. The van der Waals surface area contributed by atoms with E-state index in [9.17, 15) is 14.7 Å². The molecular weight excluding hydrogens is 432 g/mol. The van der Waals surface area contributed by atoms with E-state index in [1.165, 1.54) is 5.56 Å². The Balaban J connectivity index is 1.57. The quantitative estimate of drug-likeness (QED) is 0.526. The van der Waals surface area contributed by atoms with Crippen LogP contribution in [0.15, 0.2) is 69.2 Å². The Kier molecular flexibility index (Phi) is 7.27. The molecule has 1 fully saturated rings. The monoisotopic (exact) mass is 462 g/mol. The number of hydrogen-bond donors (Lipinski definition) is 2. The second kappa shape index (κ2) is 10.5. The second-order valence-electron chi connectivity index (χ2n) is 8.41. The van der Waals surface area contributed by atoms with Crippen molar-refractivity contribution < 1.29 is 9.84 Å². The van der Waals surface area contributed by atoms with Crippen molar-refractivity contribution in [1.29, 1.82) is 0 Å². The van der Waals surface area contributed by atoms with Crippen molar-refractivity contribution in [1.82, 2.24) is 14.5 Å². The lowest BCUT2D eigenvalue weighted by molar-refractivity contribution is 0.206. The number of aliphatic imine (C=N–C) groups is 1. The molecule has 1 aliphatic rings. The smallest absolute Gasteiger partial charge is 0.335 e. The molecule has 0 aliphatic carbocycles. The average molecular weight is 463 g/mol. The summed E-state index contributed by atoms with van der Waals surface area (Å²) >= 11 is 0. The van der Waals surface area contributed by atoms with Gasteiger partial charge in [0.15, 0.2) is 0 Å². The van der Waals surface area contributed by atoms with Gasteiger partial charge in [-0.25, -0.2) is 9.36 Å². The predicted octanol–water partition coefficient (Wildman–Crippen LogP) is 3.10. The highest BCUT2D eigenvalue weighted by Gasteiger charge is 2.23. The average Bonchev–Trinajstić information content (AvgIpc) is 2.85. The molecule has 0 unspecified atom stereocenters. The summed E-state index contributed by atoms with van der Waals surface area (Å²) in [5.41, 5.74) is 0.920. The van der Waals surface area contributed by atoms with E-state index in [0.29, 0.717) is 23.6 Å². The minimum atomic E-state index is -0.707. The van der Waals surface area contributed by atoms with Gasteiger partial charge in [0, 0.05) is 19.6 Å². The molecule has 34 heavy (non-hydrogen) atoms. The molecule has 1 aromatic heterocycles. The minimum Gasteiger partial charge on any atom is -0.497 e. The third-order valence-corrected chi connectivity index (χ3v) is 6.18. The maximum Gasteiger partial charge on any atom is 0.335 e. The van der Waals surface area contributed by atoms with Gasteiger partial charge in [0.25, 0.3) is 5.56 Å². The van der Waals surface area contributed by atoms with Crippen LogP contribution in [-0.2, 0) is 6.54 Å². The number of methoxy groups -OCH3 is 1. The van der Waals surface area contributed by atoms with Crippen LogP contribution in [0.2, 0.25) is 0 Å². The number of aromatic hydroxyl groups is 1. The number of aromatic nitrogens is 2. The Morgan fingerprint density at radius 3 is 2.38 bits per heavy atom. The molecule has 0 amide bonds. The van der Waals surface area contributed by atoms with Gasteiger partial charge in [-0.2, -0.15) is 0 Å². The van der Waals surface area contributed by atoms with Crippen LogP contribution >= 0.6 is 0 Å². The summed E-state index contributed by atoms with van der Waals surface area (Å²) < 4.78 is 6.25. The van der Waals surface area contributed by atoms with E-state index in [-0.39, 0.29) is 11.6 Å². The van der Waals surface area contributed by atoms with Crippen molar-refractivity contribution in [3.05, 3.63) is 86.6 Å². The Hall–Kier alpha value is -3.65. The fourth-order valence-corrected chi connectivity index (χ4v) is 4.36. The lowest BCUT2D eigenvalue weighted by atomic mass is 10.0. The molecule has 8 nitrogen and oxygen atoms in total. The van der Waals surface area contributed by atoms with E-state index in [4.69, 9.17) is 9.73 Å². The summed E-state index contributed by atoms with van der Waals surface area (Å²) in [5.74, 6) is 0.219. The number of ether oxygens (including phenoxy) is 1. The van der Waals surface area contributed by atoms with Gasteiger partial charge in [0.2, 0.25) is 5.88 Å². The summed E-state index contributed by atoms with van der Waals surface area (Å²) in [4.78, 5) is 34.8. The van der Waals surface area contributed by atoms with E-state index < -0.39 is 17.1 Å². The maximum absolute atomic E-state index is 12.7. The summed E-state index contributed by atoms with van der Waals surface area (Å²) in [5, 5.41) is 11.0. The molecule has 4 rings (SSSR count). The fraction of sp³-hybridized carbons (Fsp3) is 0.346. The first kappa shape index (κ1) is 23.5. The number of nitrogens with one attached hydrogen (secondary N) is 1. The molecule has 2 N–H and O–H groups in total. The third-order valence-electron chi connectivity index (χ3n) is 6.18. The van der Waals surface area contributed by atoms with Crippen molar-refractivity contribution in [3.8, 4) is 17.3 Å². The number of rotatable bonds is 7. The van der Waals surface area contributed by atoms with Crippen LogP contribution in [0.3, 0.4) is 0 Å². The van der Waals surface area contributed by atoms with Gasteiger partial charge in [-0.1, -0.05) is 37.3 Å². The molecule has 8 heteroatoms. The number of aromatic amines is 1. The first-order valence-electron chi connectivity index (χ1n) is 11.6. The van der Waals surface area contributed by atoms with E-state index in [1.54, 1.807) is 31.4 Å². The second-order valence-corrected chi connectivity index (χ2v) is 8.41. The molecule has 2 aromatic carbocycles. The molecule has 0 radical (unpaired) electrons. The number of benzene rings is 2. The molecule has 0 bridgehead atoms. The van der Waals surface area contributed by atoms with E-state index >= 15 is 0 Å². The zero-order chi connectivity index (χ0) is 24.1. The largest absolute Gasteiger partial charge is 0.497 e. The van der Waals surface area contributed by atoms with Crippen LogP contribution in [0.5, 0.6) is 11.6 Å². The molecule has 2 heterocycles. The van der Waals surface area contributed by atoms with Gasteiger partial charge in [0.05, 0.1) is 24.6 Å². The van der Waals surface area contributed by atoms with Crippen LogP contribution in [0, 0.1) is 0 Å². The maximum atomic E-state index is 12.7. The van der Waals surface area contributed by atoms with E-state index in [0.717, 1.165) is 37.0 Å². The van der Waals surface area contributed by atoms with Gasteiger partial charge >= 0.3 is 5.69 Å². The highest BCUT2D eigenvalue weighted by Crippen LogP contribution is 2.22. The SMILES string of the molecule is CCC(=NC1CCN(Cc2ccccc2)CC1)c1c(O)n(-c2ccc(OC)cc2)c(=O)[nH]c1=O. The van der Waals surface area contributed by atoms with Gasteiger partial charge in [-0.3, -0.25) is 19.7 Å². The Morgan fingerprint density at radius 1 is 1.09 bits per heavy atom. The Bertz CT molecular complexity index is 1250. The van der Waals surface area contributed by atoms with Crippen molar-refractivity contribution in [2.75, 3.05) is 20.2 Å². The number of H-pyrrole nitrogens is 1. The molecule has 178 valence electrons. The Labute approximate surface area is 198 Å². The molecule has 3 aromatic rings. The van der Waals surface area contributed by atoms with Crippen LogP contribution in [-0.4, -0.2) is 51.5 Å². The molecule has 1 saturated heterocycles. The van der Waals surface area contributed by atoms with Crippen LogP contribution in [0.4, 0.5) is 0 Å². The van der Waals surface area contributed by atoms with Crippen LogP contribution in [0.25, 0.3) is 5.69 Å². The number of hydrogen-bond acceptors (Lipinski definition) is 6. The van der Waals surface area contributed by atoms with Crippen molar-refractivity contribution in [2.24, 2.45) is 4.99 Å². The van der Waals surface area contributed by atoms with Gasteiger partial charge in [-0.15, -0.1) is 0 Å². The van der Waals surface area contributed by atoms with Crippen molar-refractivity contribution >= 4 is 5.71 Å². The van der Waals surface area contributed by atoms with Crippen molar-refractivity contribution in [2.45, 2.75) is 38.8 Å². The molecule has 0 saturated carbocycles. The van der Waals surface area contributed by atoms with Crippen LogP contribution < -0.4 is 16.0 Å². The van der Waals surface area contributed by atoms with E-state index in [1.807, 2.05) is 13.0 Å². The predicted molar refractivity (Wildman–Crippen MR) is 132 cm³/mol. The zero-order valence-corrected chi connectivity index (χ0v) is 19.5. The summed E-state index contributed by atoms with van der Waals surface area (Å²) in [6.07, 6.45) is 2.20. The summed E-state index contributed by atoms with van der Waals surface area (Å²) in [6.45, 7) is 4.62. The molecule has 0 spiro atoms. The normalized spacial score (nSPS) is 15.4. The number of piperidine rings is 1. The molecular formula is C26H30N4O4. The zero-order valence-electron chi connectivity index (χ0n) is 19.5. The topological polar surface area (TPSA) is 99.9 Å². The first-order chi connectivity index (χ1) is 16.5. The highest BCUT2D eigenvalue weighted by molar-refractivity contribution is 6.02. The Morgan fingerprint density at radius 2 is 1.76 bits per heavy atom. The third kappa shape index (κ3) is 5.12. The van der Waals surface area contributed by atoms with Gasteiger partial charge in [0.1, 0.15) is 11.3 Å². The highest BCUT2D eigenvalue weighted by atomic mass is 16.5. The summed E-state index contributed by atoms with van der Waals surface area (Å²) in [6, 6.07) is 17.1. The number of nitrogens with zero attached hydrogens (tertiary/aromatic N) is 3. The van der Waals surface area contributed by atoms with Crippen molar-refractivity contribution in [3.63, 3.8) is 0 Å². The lowest BCUT2D eigenvalue weighted by Gasteiger charge is -2.30. The van der Waals surface area contributed by atoms with E-state index in [2.05, 4.69) is 34.1 Å². The fourth-order valence-electron chi connectivity index (χ4n) is 4.36. The summed E-state index contributed by atoms with van der Waals surface area (Å²) in [7, 11) is 1.55. The van der Waals surface area contributed by atoms with Gasteiger partial charge in [-0.05, 0) is 49.1 Å². The standard InChI is InChI=1S/C26H30N4O4/c1-3-22(27-19-13-15-29(16-14-19)17-18-7-5-4-6-8-18)23-24(31)28-26(33)30(25(23)32)20-9-11-21(34-2)12-10-20/h4-12,19,32H,3,13-17H2,1-2H3,(H,28,31,33). The number of likely N-dealkylation sites (tertiary alicyclic amines) is 1. The lowest BCUT2D eigenvalue weighted by Crippen LogP contribution is -2.36. The van der Waals surface area contributed by atoms with Crippen LogP contribution in [0.1, 0.15) is 37.3 Å².